The molecule has 0 radical (unpaired) electrons. The van der Waals surface area contributed by atoms with Gasteiger partial charge in [0.15, 0.2) is 17.5 Å². The predicted octanol–water partition coefficient (Wildman–Crippen LogP) is 17.5. The Morgan fingerprint density at radius 2 is 0.972 bits per heavy atom. The smallest absolute Gasteiger partial charge is 0.417 e. The normalized spacial score (nSPS) is 12.2. The second kappa shape index (κ2) is 16.9. The third-order valence-corrected chi connectivity index (χ3v) is 13.3. The molecule has 11 heteroatoms. The highest BCUT2D eigenvalue weighted by Crippen LogP contribution is 2.45. The molecule has 0 bridgehead atoms. The molecule has 3 heterocycles. The lowest BCUT2D eigenvalue weighted by Crippen LogP contribution is -2.07. The Balaban J connectivity index is 1.16. The zero-order valence-corrected chi connectivity index (χ0v) is 38.4. The highest BCUT2D eigenvalue weighted by molar-refractivity contribution is 6.13. The minimum Gasteiger partial charge on any atom is -0.455 e. The molecule has 0 amide bonds. The van der Waals surface area contributed by atoms with Crippen molar-refractivity contribution in [2.24, 2.45) is 0 Å². The number of halogens is 6. The molecule has 0 spiro atoms. The second-order valence-electron chi connectivity index (χ2n) is 17.9. The van der Waals surface area contributed by atoms with Crippen molar-refractivity contribution in [3.8, 4) is 73.2 Å². The fourth-order valence-corrected chi connectivity index (χ4v) is 9.91. The van der Waals surface area contributed by atoms with Crippen LogP contribution in [0.1, 0.15) is 22.3 Å². The highest BCUT2D eigenvalue weighted by Gasteiger charge is 2.34. The van der Waals surface area contributed by atoms with E-state index >= 15 is 0 Å². The van der Waals surface area contributed by atoms with E-state index in [9.17, 15) is 26.3 Å². The van der Waals surface area contributed by atoms with Crippen molar-refractivity contribution in [2.75, 3.05) is 0 Å². The number of fused-ring (bicyclic) bond motifs is 6. The third-order valence-electron chi connectivity index (χ3n) is 13.3. The van der Waals surface area contributed by atoms with E-state index in [0.717, 1.165) is 56.8 Å². The van der Waals surface area contributed by atoms with Crippen LogP contribution in [-0.4, -0.2) is 19.5 Å². The number of furan rings is 1. The number of rotatable bonds is 7. The van der Waals surface area contributed by atoms with Gasteiger partial charge in [-0.25, -0.2) is 15.0 Å². The Kier molecular flexibility index (Phi) is 10.4. The summed E-state index contributed by atoms with van der Waals surface area (Å²) in [5, 5.41) is 3.21. The number of alkyl halides is 6. The molecule has 0 aliphatic rings. The van der Waals surface area contributed by atoms with Crippen molar-refractivity contribution in [3.05, 3.63) is 216 Å². The SMILES string of the molecule is Cc1ccc(-c2ccc3c(c2)c2cc(-c4ccc(C(F)(F)F)cc4C)ccc2n3-c2ccc(-c3cccc4c3oc3ccccc34)cc2-c2nc(-c3ccccc3)nc(-c3ccccc3)n2)c(C(F)(F)F)c1. The van der Waals surface area contributed by atoms with Gasteiger partial charge in [-0.15, -0.1) is 0 Å². The van der Waals surface area contributed by atoms with Gasteiger partial charge < -0.3 is 8.98 Å². The first kappa shape index (κ1) is 44.4. The summed E-state index contributed by atoms with van der Waals surface area (Å²) in [6.45, 7) is 3.26. The van der Waals surface area contributed by atoms with E-state index in [-0.39, 0.29) is 5.56 Å². The minimum atomic E-state index is -4.64. The lowest BCUT2D eigenvalue weighted by molar-refractivity contribution is -0.138. The molecular formula is C61H38F6N4O. The summed E-state index contributed by atoms with van der Waals surface area (Å²) in [7, 11) is 0. The maximum absolute atomic E-state index is 14.8. The van der Waals surface area contributed by atoms with Crippen LogP contribution < -0.4 is 0 Å². The Bertz CT molecular complexity index is 4040. The van der Waals surface area contributed by atoms with Crippen molar-refractivity contribution in [2.45, 2.75) is 26.2 Å². The maximum atomic E-state index is 14.8. The molecule has 0 saturated heterocycles. The van der Waals surface area contributed by atoms with Crippen LogP contribution in [0.2, 0.25) is 0 Å². The summed E-state index contributed by atoms with van der Waals surface area (Å²) in [6.07, 6.45) is -9.17. The van der Waals surface area contributed by atoms with Gasteiger partial charge in [0.25, 0.3) is 0 Å². The van der Waals surface area contributed by atoms with Crippen LogP contribution in [0.3, 0.4) is 0 Å². The summed E-state index contributed by atoms with van der Waals surface area (Å²) >= 11 is 0. The predicted molar refractivity (Wildman–Crippen MR) is 274 cm³/mol. The van der Waals surface area contributed by atoms with E-state index in [1.807, 2.05) is 150 Å². The number of benzene rings is 9. The monoisotopic (exact) mass is 956 g/mol. The molecule has 3 aromatic heterocycles. The summed E-state index contributed by atoms with van der Waals surface area (Å²) in [5.41, 5.74) is 8.17. The molecule has 0 fully saturated rings. The molecule has 5 nitrogen and oxygen atoms in total. The van der Waals surface area contributed by atoms with Crippen molar-refractivity contribution < 1.29 is 30.8 Å². The number of para-hydroxylation sites is 2. The molecular weight excluding hydrogens is 919 g/mol. The average Bonchev–Trinajstić information content (AvgIpc) is 3.93. The quantitative estimate of drug-likeness (QED) is 0.149. The number of aryl methyl sites for hydroxylation is 2. The molecule has 0 saturated carbocycles. The number of aromatic nitrogens is 4. The van der Waals surface area contributed by atoms with E-state index in [0.29, 0.717) is 83.9 Å². The first-order valence-corrected chi connectivity index (χ1v) is 23.1. The fourth-order valence-electron chi connectivity index (χ4n) is 9.91. The number of hydrogen-bond donors (Lipinski definition) is 0. The maximum Gasteiger partial charge on any atom is 0.417 e. The van der Waals surface area contributed by atoms with Crippen molar-refractivity contribution >= 4 is 43.7 Å². The molecule has 12 rings (SSSR count). The molecule has 0 aliphatic heterocycles. The minimum absolute atomic E-state index is 0.0162. The van der Waals surface area contributed by atoms with Crippen LogP contribution >= 0.6 is 0 Å². The molecule has 0 aliphatic carbocycles. The zero-order valence-electron chi connectivity index (χ0n) is 38.4. The Labute approximate surface area is 408 Å². The first-order valence-electron chi connectivity index (χ1n) is 23.1. The fraction of sp³-hybridized carbons (Fsp3) is 0.0656. The second-order valence-corrected chi connectivity index (χ2v) is 17.9. The van der Waals surface area contributed by atoms with Gasteiger partial charge in [-0.2, -0.15) is 26.3 Å². The highest BCUT2D eigenvalue weighted by atomic mass is 19.4. The summed E-state index contributed by atoms with van der Waals surface area (Å²) in [6, 6.07) is 58.1. The van der Waals surface area contributed by atoms with Gasteiger partial charge in [-0.05, 0) is 108 Å². The molecule has 350 valence electrons. The Morgan fingerprint density at radius 3 is 1.61 bits per heavy atom. The largest absolute Gasteiger partial charge is 0.455 e. The Morgan fingerprint density at radius 1 is 0.403 bits per heavy atom. The van der Waals surface area contributed by atoms with Crippen LogP contribution in [0.25, 0.3) is 117 Å². The van der Waals surface area contributed by atoms with Gasteiger partial charge in [0.2, 0.25) is 0 Å². The van der Waals surface area contributed by atoms with Crippen molar-refractivity contribution in [1.29, 1.82) is 0 Å². The average molecular weight is 957 g/mol. The lowest BCUT2D eigenvalue weighted by Gasteiger charge is -2.17. The molecule has 12 aromatic rings. The van der Waals surface area contributed by atoms with Crippen molar-refractivity contribution in [1.82, 2.24) is 19.5 Å². The van der Waals surface area contributed by atoms with Crippen LogP contribution in [-0.2, 0) is 12.4 Å². The van der Waals surface area contributed by atoms with Gasteiger partial charge in [0.05, 0.1) is 27.8 Å². The molecule has 72 heavy (non-hydrogen) atoms. The van der Waals surface area contributed by atoms with E-state index in [2.05, 4.69) is 0 Å². The van der Waals surface area contributed by atoms with E-state index in [1.165, 1.54) is 12.1 Å². The van der Waals surface area contributed by atoms with E-state index in [4.69, 9.17) is 19.4 Å². The first-order chi connectivity index (χ1) is 34.8. The zero-order chi connectivity index (χ0) is 49.5. The van der Waals surface area contributed by atoms with Gasteiger partial charge in [-0.1, -0.05) is 139 Å². The number of hydrogen-bond acceptors (Lipinski definition) is 4. The molecule has 0 atom stereocenters. The topological polar surface area (TPSA) is 56.7 Å². The van der Waals surface area contributed by atoms with Crippen LogP contribution in [0, 0.1) is 13.8 Å². The van der Waals surface area contributed by atoms with Crippen LogP contribution in [0.4, 0.5) is 26.3 Å². The summed E-state index contributed by atoms with van der Waals surface area (Å²) in [5.74, 6) is 1.24. The molecule has 0 N–H and O–H groups in total. The van der Waals surface area contributed by atoms with Crippen LogP contribution in [0.15, 0.2) is 199 Å². The van der Waals surface area contributed by atoms with Crippen molar-refractivity contribution in [3.63, 3.8) is 0 Å². The molecule has 0 unspecified atom stereocenters. The lowest BCUT2D eigenvalue weighted by atomic mass is 9.95. The van der Waals surface area contributed by atoms with E-state index < -0.39 is 23.5 Å². The number of nitrogens with zero attached hydrogens (tertiary/aromatic N) is 4. The van der Waals surface area contributed by atoms with Gasteiger partial charge in [-0.3, -0.25) is 0 Å². The summed E-state index contributed by atoms with van der Waals surface area (Å²) < 4.78 is 94.5. The van der Waals surface area contributed by atoms with E-state index in [1.54, 1.807) is 32.0 Å². The van der Waals surface area contributed by atoms with Gasteiger partial charge >= 0.3 is 12.4 Å². The third kappa shape index (κ3) is 7.74. The Hall–Kier alpha value is -8.83. The van der Waals surface area contributed by atoms with Gasteiger partial charge in [0, 0.05) is 43.8 Å². The standard InChI is InChI=1S/C61H38F6N4O/c1-35-20-25-44(51(30-35)61(65,66)67)40-22-28-53-49(33-40)48-32-39(43-26-24-42(31-36(43)2)60(62,63)64)21-27-52(48)71(53)54-29-23-41(45-17-11-18-47-46-16-9-10-19-55(46)72-56(45)47)34-50(54)59-69-57(37-12-5-3-6-13-37)68-58(70-59)38-14-7-4-8-15-38/h3-34H,1-2H3. The van der Waals surface area contributed by atoms with Crippen LogP contribution in [0.5, 0.6) is 0 Å². The molecule has 9 aromatic carbocycles. The summed E-state index contributed by atoms with van der Waals surface area (Å²) in [4.78, 5) is 15.4. The van der Waals surface area contributed by atoms with Gasteiger partial charge in [0.1, 0.15) is 11.2 Å².